The zero-order chi connectivity index (χ0) is 12.3. The first-order chi connectivity index (χ1) is 8.18. The SMILES string of the molecule is CN(C)C(=O)C1CNCCN1CC1CCOC1. The molecule has 2 saturated heterocycles. The maximum atomic E-state index is 12.1. The Bertz CT molecular complexity index is 264. The minimum atomic E-state index is -0.000602. The van der Waals surface area contributed by atoms with Gasteiger partial charge in [0.15, 0.2) is 0 Å². The predicted molar refractivity (Wildman–Crippen MR) is 65.9 cm³/mol. The number of nitrogens with zero attached hydrogens (tertiary/aromatic N) is 2. The standard InChI is InChI=1S/C12H23N3O2/c1-14(2)12(16)11-7-13-4-5-15(11)8-10-3-6-17-9-10/h10-11,13H,3-9H2,1-2H3. The van der Waals surface area contributed by atoms with Crippen LogP contribution < -0.4 is 5.32 Å². The monoisotopic (exact) mass is 241 g/mol. The molecule has 2 atom stereocenters. The summed E-state index contributed by atoms with van der Waals surface area (Å²) in [5.74, 6) is 0.807. The molecule has 0 aliphatic carbocycles. The fourth-order valence-corrected chi connectivity index (χ4v) is 2.57. The molecule has 1 N–H and O–H groups in total. The van der Waals surface area contributed by atoms with Gasteiger partial charge in [-0.05, 0) is 12.3 Å². The second kappa shape index (κ2) is 5.80. The second-order valence-corrected chi connectivity index (χ2v) is 5.18. The van der Waals surface area contributed by atoms with E-state index >= 15 is 0 Å². The lowest BCUT2D eigenvalue weighted by Crippen LogP contribution is -2.58. The van der Waals surface area contributed by atoms with Gasteiger partial charge in [-0.1, -0.05) is 0 Å². The van der Waals surface area contributed by atoms with Crippen molar-refractivity contribution in [3.63, 3.8) is 0 Å². The van der Waals surface area contributed by atoms with Gasteiger partial charge in [0.05, 0.1) is 6.61 Å². The summed E-state index contributed by atoms with van der Waals surface area (Å²) in [5.41, 5.74) is 0. The fourth-order valence-electron chi connectivity index (χ4n) is 2.57. The van der Waals surface area contributed by atoms with Crippen LogP contribution in [0.5, 0.6) is 0 Å². The minimum Gasteiger partial charge on any atom is -0.381 e. The van der Waals surface area contributed by atoms with E-state index in [9.17, 15) is 4.79 Å². The molecular formula is C12H23N3O2. The van der Waals surface area contributed by atoms with Crippen LogP contribution in [-0.4, -0.2) is 75.2 Å². The number of hydrogen-bond donors (Lipinski definition) is 1. The lowest BCUT2D eigenvalue weighted by molar-refractivity contribution is -0.135. The third-order valence-corrected chi connectivity index (χ3v) is 3.60. The van der Waals surface area contributed by atoms with Crippen LogP contribution in [0.3, 0.4) is 0 Å². The van der Waals surface area contributed by atoms with Crippen LogP contribution in [0.4, 0.5) is 0 Å². The number of piperazine rings is 1. The molecule has 0 spiro atoms. The molecule has 2 aliphatic heterocycles. The van der Waals surface area contributed by atoms with Gasteiger partial charge in [-0.3, -0.25) is 9.69 Å². The van der Waals surface area contributed by atoms with Gasteiger partial charge in [-0.15, -0.1) is 0 Å². The van der Waals surface area contributed by atoms with Crippen molar-refractivity contribution in [2.75, 3.05) is 53.5 Å². The number of nitrogens with one attached hydrogen (secondary N) is 1. The maximum absolute atomic E-state index is 12.1. The normalized spacial score (nSPS) is 30.5. The van der Waals surface area contributed by atoms with Crippen LogP contribution in [0.25, 0.3) is 0 Å². The highest BCUT2D eigenvalue weighted by Crippen LogP contribution is 2.16. The zero-order valence-electron chi connectivity index (χ0n) is 10.8. The Morgan fingerprint density at radius 1 is 1.53 bits per heavy atom. The molecule has 0 bridgehead atoms. The first-order valence-electron chi connectivity index (χ1n) is 6.42. The van der Waals surface area contributed by atoms with Crippen LogP contribution in [-0.2, 0) is 9.53 Å². The third-order valence-electron chi connectivity index (χ3n) is 3.60. The zero-order valence-corrected chi connectivity index (χ0v) is 10.8. The fraction of sp³-hybridized carbons (Fsp3) is 0.917. The summed E-state index contributed by atoms with van der Waals surface area (Å²) in [4.78, 5) is 16.1. The first-order valence-corrected chi connectivity index (χ1v) is 6.42. The number of likely N-dealkylation sites (N-methyl/N-ethyl adjacent to an activating group) is 1. The minimum absolute atomic E-state index is 0.000602. The van der Waals surface area contributed by atoms with E-state index in [1.807, 2.05) is 14.1 Å². The summed E-state index contributed by atoms with van der Waals surface area (Å²) in [6, 6.07) is -0.000602. The van der Waals surface area contributed by atoms with Gasteiger partial charge in [0.2, 0.25) is 5.91 Å². The maximum Gasteiger partial charge on any atom is 0.240 e. The molecule has 0 aromatic rings. The Hall–Kier alpha value is -0.650. The summed E-state index contributed by atoms with van der Waals surface area (Å²) >= 11 is 0. The van der Waals surface area contributed by atoms with Crippen molar-refractivity contribution >= 4 is 5.91 Å². The van der Waals surface area contributed by atoms with E-state index in [1.54, 1.807) is 4.90 Å². The number of hydrogen-bond acceptors (Lipinski definition) is 4. The van der Waals surface area contributed by atoms with Crippen LogP contribution in [0.1, 0.15) is 6.42 Å². The summed E-state index contributed by atoms with van der Waals surface area (Å²) in [6.45, 7) is 5.43. The van der Waals surface area contributed by atoms with Crippen molar-refractivity contribution in [1.29, 1.82) is 0 Å². The van der Waals surface area contributed by atoms with Crippen LogP contribution >= 0.6 is 0 Å². The van der Waals surface area contributed by atoms with E-state index in [-0.39, 0.29) is 11.9 Å². The smallest absolute Gasteiger partial charge is 0.240 e. The van der Waals surface area contributed by atoms with Gasteiger partial charge in [-0.2, -0.15) is 0 Å². The molecule has 0 aromatic heterocycles. The van der Waals surface area contributed by atoms with E-state index in [0.29, 0.717) is 5.92 Å². The van der Waals surface area contributed by atoms with Gasteiger partial charge in [0.25, 0.3) is 0 Å². The molecule has 2 heterocycles. The Balaban J connectivity index is 1.93. The number of rotatable bonds is 3. The number of amides is 1. The number of carbonyl (C=O) groups is 1. The average molecular weight is 241 g/mol. The van der Waals surface area contributed by atoms with E-state index in [4.69, 9.17) is 4.74 Å². The van der Waals surface area contributed by atoms with Crippen LogP contribution in [0.15, 0.2) is 0 Å². The van der Waals surface area contributed by atoms with Crippen molar-refractivity contribution in [2.45, 2.75) is 12.5 Å². The Kier molecular flexibility index (Phi) is 4.36. The highest BCUT2D eigenvalue weighted by atomic mass is 16.5. The van der Waals surface area contributed by atoms with E-state index in [0.717, 1.165) is 45.8 Å². The molecule has 2 aliphatic rings. The van der Waals surface area contributed by atoms with Crippen LogP contribution in [0, 0.1) is 5.92 Å². The first kappa shape index (κ1) is 12.8. The summed E-state index contributed by atoms with van der Waals surface area (Å²) in [7, 11) is 3.65. The van der Waals surface area contributed by atoms with Gasteiger partial charge < -0.3 is 15.0 Å². The largest absolute Gasteiger partial charge is 0.381 e. The molecular weight excluding hydrogens is 218 g/mol. The van der Waals surface area contributed by atoms with Gasteiger partial charge in [-0.25, -0.2) is 0 Å². The molecule has 0 aromatic carbocycles. The molecule has 1 amide bonds. The van der Waals surface area contributed by atoms with Crippen molar-refractivity contribution in [2.24, 2.45) is 5.92 Å². The quantitative estimate of drug-likeness (QED) is 0.715. The lowest BCUT2D eigenvalue weighted by atomic mass is 10.1. The topological polar surface area (TPSA) is 44.8 Å². The molecule has 2 fully saturated rings. The average Bonchev–Trinajstić information content (AvgIpc) is 2.81. The van der Waals surface area contributed by atoms with Crippen molar-refractivity contribution in [1.82, 2.24) is 15.1 Å². The highest BCUT2D eigenvalue weighted by molar-refractivity contribution is 5.81. The summed E-state index contributed by atoms with van der Waals surface area (Å²) < 4.78 is 5.40. The molecule has 2 unspecified atom stereocenters. The van der Waals surface area contributed by atoms with Crippen LogP contribution in [0.2, 0.25) is 0 Å². The molecule has 5 nitrogen and oxygen atoms in total. The van der Waals surface area contributed by atoms with Crippen molar-refractivity contribution in [3.05, 3.63) is 0 Å². The highest BCUT2D eigenvalue weighted by Gasteiger charge is 2.31. The lowest BCUT2D eigenvalue weighted by Gasteiger charge is -2.37. The molecule has 2 rings (SSSR count). The molecule has 98 valence electrons. The van der Waals surface area contributed by atoms with E-state index < -0.39 is 0 Å². The van der Waals surface area contributed by atoms with Gasteiger partial charge in [0, 0.05) is 46.9 Å². The third kappa shape index (κ3) is 3.18. The Labute approximate surface area is 103 Å². The second-order valence-electron chi connectivity index (χ2n) is 5.18. The van der Waals surface area contributed by atoms with E-state index in [1.165, 1.54) is 0 Å². The molecule has 0 saturated carbocycles. The number of ether oxygens (including phenoxy) is 1. The molecule has 5 heteroatoms. The number of carbonyl (C=O) groups excluding carboxylic acids is 1. The molecule has 0 radical (unpaired) electrons. The molecule has 17 heavy (non-hydrogen) atoms. The Morgan fingerprint density at radius 2 is 2.35 bits per heavy atom. The van der Waals surface area contributed by atoms with Gasteiger partial charge >= 0.3 is 0 Å². The van der Waals surface area contributed by atoms with Crippen molar-refractivity contribution in [3.8, 4) is 0 Å². The predicted octanol–water partition coefficient (Wildman–Crippen LogP) is -0.615. The van der Waals surface area contributed by atoms with E-state index in [2.05, 4.69) is 10.2 Å². The van der Waals surface area contributed by atoms with Crippen molar-refractivity contribution < 1.29 is 9.53 Å². The Morgan fingerprint density at radius 3 is 3.00 bits per heavy atom. The summed E-state index contributed by atoms with van der Waals surface area (Å²) in [6.07, 6.45) is 1.13. The summed E-state index contributed by atoms with van der Waals surface area (Å²) in [5, 5.41) is 3.31. The van der Waals surface area contributed by atoms with Gasteiger partial charge in [0.1, 0.15) is 6.04 Å².